The highest BCUT2D eigenvalue weighted by atomic mass is 31.1. The van der Waals surface area contributed by atoms with Crippen LogP contribution in [0.1, 0.15) is 0 Å². The van der Waals surface area contributed by atoms with E-state index < -0.39 is 34.9 Å². The number of aromatic hydroxyl groups is 1. The second kappa shape index (κ2) is 12.0. The number of hydrogen-bond acceptors (Lipinski definition) is 6. The lowest BCUT2D eigenvalue weighted by molar-refractivity contribution is -0.423. The third-order valence-corrected chi connectivity index (χ3v) is 6.86. The summed E-state index contributed by atoms with van der Waals surface area (Å²) < 4.78 is 0. The molecule has 4 rings (SSSR count). The van der Waals surface area contributed by atoms with E-state index in [2.05, 4.69) is 91.0 Å². The normalized spacial score (nSPS) is 9.85. The van der Waals surface area contributed by atoms with Gasteiger partial charge < -0.3 is 11.3 Å². The van der Waals surface area contributed by atoms with Crippen LogP contribution in [0.5, 0.6) is 5.75 Å². The fourth-order valence-corrected chi connectivity index (χ4v) is 5.34. The van der Waals surface area contributed by atoms with Crippen LogP contribution in [-0.2, 0) is 0 Å². The van der Waals surface area contributed by atoms with Crippen molar-refractivity contribution < 1.29 is 15.0 Å². The molecule has 0 spiro atoms. The number of para-hydroxylation sites is 1. The van der Waals surface area contributed by atoms with E-state index in [4.69, 9.17) is 5.11 Å². The van der Waals surface area contributed by atoms with Gasteiger partial charge in [-0.2, -0.15) is 0 Å². The number of phenolic OH excluding ortho intramolecular Hbond substituents is 1. The van der Waals surface area contributed by atoms with Crippen molar-refractivity contribution in [3.05, 3.63) is 129 Å². The van der Waals surface area contributed by atoms with Gasteiger partial charge in [-0.15, -0.1) is 0 Å². The van der Waals surface area contributed by atoms with Crippen LogP contribution in [0.15, 0.2) is 109 Å². The molecule has 168 valence electrons. The Balaban J connectivity index is 0.000000244. The summed E-state index contributed by atoms with van der Waals surface area (Å²) in [6, 6.07) is 35.5. The number of phenols is 1. The zero-order chi connectivity index (χ0) is 22.9. The topological polar surface area (TPSA) is 142 Å². The fourth-order valence-electron chi connectivity index (χ4n) is 3.03. The average Bonchev–Trinajstić information content (AvgIpc) is 2.81. The highest BCUT2D eigenvalue weighted by Gasteiger charge is 2.27. The summed E-state index contributed by atoms with van der Waals surface area (Å²) in [5.41, 5.74) is -1.60. The van der Waals surface area contributed by atoms with Crippen molar-refractivity contribution in [1.82, 2.24) is 6.15 Å². The van der Waals surface area contributed by atoms with Crippen molar-refractivity contribution >= 4 is 35.2 Å². The van der Waals surface area contributed by atoms with Crippen molar-refractivity contribution in [2.75, 3.05) is 0 Å². The maximum absolute atomic E-state index is 10.3. The molecule has 0 heterocycles. The summed E-state index contributed by atoms with van der Waals surface area (Å²) in [5, 5.41) is 33.7. The van der Waals surface area contributed by atoms with Gasteiger partial charge in [0.1, 0.15) is 0 Å². The van der Waals surface area contributed by atoms with Gasteiger partial charge in [-0.3, -0.25) is 20.2 Å². The Hall–Kier alpha value is -4.13. The molecule has 0 saturated carbocycles. The summed E-state index contributed by atoms with van der Waals surface area (Å²) >= 11 is 0. The molecule has 0 atom stereocenters. The standard InChI is InChI=1S/C18H15P.C6H4N2O5.H3N/c1-4-10-16(11-5-1)19(17-12-6-2-7-13-17)18-14-8-3-9-15-18;9-5-3-1-2-4(7(10)11)6(5)8(12)13;/h1-15H;1-3,9H;1H3. The monoisotopic (exact) mass is 463 g/mol. The van der Waals surface area contributed by atoms with Gasteiger partial charge in [0.2, 0.25) is 5.75 Å². The van der Waals surface area contributed by atoms with Gasteiger partial charge in [0.05, 0.1) is 9.85 Å². The van der Waals surface area contributed by atoms with Crippen molar-refractivity contribution in [3.63, 3.8) is 0 Å². The van der Waals surface area contributed by atoms with Crippen molar-refractivity contribution in [2.24, 2.45) is 0 Å². The summed E-state index contributed by atoms with van der Waals surface area (Å²) in [5.74, 6) is -0.709. The summed E-state index contributed by atoms with van der Waals surface area (Å²) in [6.45, 7) is 0. The second-order valence-electron chi connectivity index (χ2n) is 6.50. The summed E-state index contributed by atoms with van der Waals surface area (Å²) in [7, 11) is -0.446. The zero-order valence-electron chi connectivity index (χ0n) is 17.5. The number of benzene rings is 4. The minimum Gasteiger partial charge on any atom is -0.502 e. The lowest BCUT2D eigenvalue weighted by atomic mass is 10.2. The Morgan fingerprint density at radius 3 is 1.27 bits per heavy atom. The number of nitro benzene ring substituents is 2. The molecular weight excluding hydrogens is 441 g/mol. The van der Waals surface area contributed by atoms with Gasteiger partial charge in [0.15, 0.2) is 0 Å². The predicted octanol–water partition coefficient (Wildman–Crippen LogP) is 4.82. The van der Waals surface area contributed by atoms with Crippen LogP contribution in [0.25, 0.3) is 0 Å². The number of hydrogen-bond donors (Lipinski definition) is 2. The minimum absolute atomic E-state index is 0. The smallest absolute Gasteiger partial charge is 0.387 e. The van der Waals surface area contributed by atoms with E-state index in [1.54, 1.807) is 0 Å². The maximum atomic E-state index is 10.3. The zero-order valence-corrected chi connectivity index (χ0v) is 18.4. The van der Waals surface area contributed by atoms with E-state index in [1.807, 2.05) is 0 Å². The lowest BCUT2D eigenvalue weighted by Gasteiger charge is -2.18. The molecule has 0 amide bonds. The van der Waals surface area contributed by atoms with Crippen LogP contribution in [-0.4, -0.2) is 15.0 Å². The Morgan fingerprint density at radius 2 is 0.970 bits per heavy atom. The number of nitrogens with zero attached hydrogens (tertiary/aromatic N) is 2. The molecule has 4 aromatic rings. The van der Waals surface area contributed by atoms with Crippen LogP contribution in [0.4, 0.5) is 11.4 Å². The summed E-state index contributed by atoms with van der Waals surface area (Å²) in [4.78, 5) is 18.6. The molecule has 9 heteroatoms. The molecule has 0 aliphatic rings. The van der Waals surface area contributed by atoms with Gasteiger partial charge in [-0.1, -0.05) is 97.1 Å². The van der Waals surface area contributed by atoms with Crippen LogP contribution in [0.3, 0.4) is 0 Å². The molecule has 0 radical (unpaired) electrons. The number of rotatable bonds is 5. The fraction of sp³-hybridized carbons (Fsp3) is 0. The molecule has 4 N–H and O–H groups in total. The molecule has 0 aliphatic heterocycles. The van der Waals surface area contributed by atoms with E-state index in [0.29, 0.717) is 0 Å². The molecule has 0 aromatic heterocycles. The quantitative estimate of drug-likeness (QED) is 0.247. The molecule has 0 fully saturated rings. The van der Waals surface area contributed by atoms with Gasteiger partial charge in [-0.25, -0.2) is 0 Å². The predicted molar refractivity (Wildman–Crippen MR) is 132 cm³/mol. The molecule has 33 heavy (non-hydrogen) atoms. The van der Waals surface area contributed by atoms with Crippen LogP contribution in [0, 0.1) is 20.2 Å². The molecule has 4 aromatic carbocycles. The van der Waals surface area contributed by atoms with Crippen LogP contribution < -0.4 is 22.1 Å². The molecule has 0 saturated heterocycles. The number of nitro groups is 2. The minimum atomic E-state index is -0.993. The molecule has 0 aliphatic carbocycles. The first-order valence-electron chi connectivity index (χ1n) is 9.55. The first kappa shape index (κ1) is 25.1. The third-order valence-electron chi connectivity index (χ3n) is 4.42. The average molecular weight is 463 g/mol. The molecule has 0 bridgehead atoms. The first-order valence-corrected chi connectivity index (χ1v) is 10.9. The van der Waals surface area contributed by atoms with E-state index in [0.717, 1.165) is 12.1 Å². The Labute approximate surface area is 191 Å². The highest BCUT2D eigenvalue weighted by molar-refractivity contribution is 7.79. The second-order valence-corrected chi connectivity index (χ2v) is 8.72. The largest absolute Gasteiger partial charge is 0.502 e. The van der Waals surface area contributed by atoms with E-state index in [-0.39, 0.29) is 6.15 Å². The van der Waals surface area contributed by atoms with Crippen LogP contribution in [0.2, 0.25) is 0 Å². The molecular formula is C24H22N3O5P. The van der Waals surface area contributed by atoms with Gasteiger partial charge in [0.25, 0.3) is 0 Å². The Morgan fingerprint density at radius 1 is 0.576 bits per heavy atom. The summed E-state index contributed by atoms with van der Waals surface area (Å²) in [6.07, 6.45) is 0. The SMILES string of the molecule is N.O=[N+]([O-])c1cccc(O)c1[N+](=O)[O-].c1ccc(P(c2ccccc2)c2ccccc2)cc1. The van der Waals surface area contributed by atoms with Gasteiger partial charge in [-0.05, 0) is 29.9 Å². The van der Waals surface area contributed by atoms with E-state index in [1.165, 1.54) is 22.0 Å². The van der Waals surface area contributed by atoms with E-state index >= 15 is 0 Å². The maximum Gasteiger partial charge on any atom is 0.387 e. The van der Waals surface area contributed by atoms with Gasteiger partial charge in [0, 0.05) is 6.07 Å². The third kappa shape index (κ3) is 6.43. The highest BCUT2D eigenvalue weighted by Crippen LogP contribution is 2.34. The van der Waals surface area contributed by atoms with E-state index in [9.17, 15) is 20.2 Å². The Bertz CT molecular complexity index is 1100. The Kier molecular flexibility index (Phi) is 9.17. The van der Waals surface area contributed by atoms with Crippen LogP contribution >= 0.6 is 7.92 Å². The van der Waals surface area contributed by atoms with Crippen molar-refractivity contribution in [1.29, 1.82) is 0 Å². The van der Waals surface area contributed by atoms with Crippen molar-refractivity contribution in [2.45, 2.75) is 0 Å². The van der Waals surface area contributed by atoms with Crippen molar-refractivity contribution in [3.8, 4) is 5.75 Å². The van der Waals surface area contributed by atoms with Gasteiger partial charge >= 0.3 is 11.4 Å². The lowest BCUT2D eigenvalue weighted by Crippen LogP contribution is -2.20. The molecule has 0 unspecified atom stereocenters. The molecule has 8 nitrogen and oxygen atoms in total. The first-order chi connectivity index (χ1) is 15.5.